The van der Waals surface area contributed by atoms with E-state index in [1.54, 1.807) is 6.20 Å². The van der Waals surface area contributed by atoms with E-state index in [9.17, 15) is 4.79 Å². The summed E-state index contributed by atoms with van der Waals surface area (Å²) in [5.41, 5.74) is 1.73. The first-order chi connectivity index (χ1) is 13.7. The molecule has 2 fully saturated rings. The maximum absolute atomic E-state index is 13.1. The highest BCUT2D eigenvalue weighted by Gasteiger charge is 2.35. The van der Waals surface area contributed by atoms with E-state index in [1.807, 2.05) is 24.3 Å². The third-order valence-corrected chi connectivity index (χ3v) is 6.18. The summed E-state index contributed by atoms with van der Waals surface area (Å²) in [4.78, 5) is 19.8. The molecule has 4 rings (SSSR count). The SMILES string of the molecule is O=C(NCC1(c2ccc(Cl)cc2)CCOCC1)c1cccnc1N1CCCC1. The number of benzene rings is 1. The van der Waals surface area contributed by atoms with E-state index in [-0.39, 0.29) is 11.3 Å². The molecule has 2 aliphatic heterocycles. The molecule has 148 valence electrons. The first kappa shape index (κ1) is 19.2. The Bertz CT molecular complexity index is 813. The average molecular weight is 400 g/mol. The summed E-state index contributed by atoms with van der Waals surface area (Å²) in [6.45, 7) is 3.90. The highest BCUT2D eigenvalue weighted by Crippen LogP contribution is 2.35. The van der Waals surface area contributed by atoms with Crippen LogP contribution in [0.2, 0.25) is 5.02 Å². The van der Waals surface area contributed by atoms with E-state index in [4.69, 9.17) is 16.3 Å². The molecule has 0 unspecified atom stereocenters. The van der Waals surface area contributed by atoms with Crippen LogP contribution in [-0.2, 0) is 10.2 Å². The number of anilines is 1. The Morgan fingerprint density at radius 2 is 1.86 bits per heavy atom. The first-order valence-electron chi connectivity index (χ1n) is 10.00. The summed E-state index contributed by atoms with van der Waals surface area (Å²) in [6, 6.07) is 11.7. The van der Waals surface area contributed by atoms with Gasteiger partial charge in [0, 0.05) is 49.5 Å². The molecule has 1 amide bonds. The smallest absolute Gasteiger partial charge is 0.255 e. The topological polar surface area (TPSA) is 54.5 Å². The van der Waals surface area contributed by atoms with Crippen molar-refractivity contribution in [2.75, 3.05) is 37.7 Å². The fourth-order valence-electron chi connectivity index (χ4n) is 4.23. The monoisotopic (exact) mass is 399 g/mol. The summed E-state index contributed by atoms with van der Waals surface area (Å²) in [7, 11) is 0. The number of ether oxygens (including phenoxy) is 1. The minimum Gasteiger partial charge on any atom is -0.381 e. The van der Waals surface area contributed by atoms with Crippen LogP contribution in [0.1, 0.15) is 41.6 Å². The zero-order chi connectivity index (χ0) is 19.4. The van der Waals surface area contributed by atoms with Gasteiger partial charge in [0.2, 0.25) is 0 Å². The van der Waals surface area contributed by atoms with Crippen molar-refractivity contribution in [2.45, 2.75) is 31.1 Å². The molecule has 0 saturated carbocycles. The molecular formula is C22H26ClN3O2. The summed E-state index contributed by atoms with van der Waals surface area (Å²) in [6.07, 6.45) is 5.81. The number of amides is 1. The quantitative estimate of drug-likeness (QED) is 0.830. The number of nitrogens with zero attached hydrogens (tertiary/aromatic N) is 2. The zero-order valence-electron chi connectivity index (χ0n) is 16.0. The number of nitrogens with one attached hydrogen (secondary N) is 1. The molecule has 1 N–H and O–H groups in total. The van der Waals surface area contributed by atoms with Crippen LogP contribution in [0.25, 0.3) is 0 Å². The van der Waals surface area contributed by atoms with E-state index in [0.717, 1.165) is 49.6 Å². The number of rotatable bonds is 5. The largest absolute Gasteiger partial charge is 0.381 e. The van der Waals surface area contributed by atoms with Crippen LogP contribution in [0, 0.1) is 0 Å². The van der Waals surface area contributed by atoms with Crippen molar-refractivity contribution >= 4 is 23.3 Å². The fourth-order valence-corrected chi connectivity index (χ4v) is 4.36. The van der Waals surface area contributed by atoms with Crippen LogP contribution in [0.5, 0.6) is 0 Å². The van der Waals surface area contributed by atoms with Crippen LogP contribution in [0.4, 0.5) is 5.82 Å². The fraction of sp³-hybridized carbons (Fsp3) is 0.455. The molecule has 5 nitrogen and oxygen atoms in total. The van der Waals surface area contributed by atoms with Gasteiger partial charge in [0.1, 0.15) is 5.82 Å². The van der Waals surface area contributed by atoms with Crippen LogP contribution in [-0.4, -0.2) is 43.7 Å². The highest BCUT2D eigenvalue weighted by atomic mass is 35.5. The van der Waals surface area contributed by atoms with E-state index < -0.39 is 0 Å². The maximum Gasteiger partial charge on any atom is 0.255 e. The Kier molecular flexibility index (Phi) is 5.83. The van der Waals surface area contributed by atoms with Gasteiger partial charge in [-0.2, -0.15) is 0 Å². The lowest BCUT2D eigenvalue weighted by molar-refractivity contribution is 0.0487. The van der Waals surface area contributed by atoms with Gasteiger partial charge in [0.05, 0.1) is 5.56 Å². The molecule has 6 heteroatoms. The van der Waals surface area contributed by atoms with Crippen molar-refractivity contribution in [2.24, 2.45) is 0 Å². The Hall–Kier alpha value is -2.11. The maximum atomic E-state index is 13.1. The first-order valence-corrected chi connectivity index (χ1v) is 10.4. The van der Waals surface area contributed by atoms with Crippen LogP contribution < -0.4 is 10.2 Å². The van der Waals surface area contributed by atoms with Crippen molar-refractivity contribution in [3.63, 3.8) is 0 Å². The highest BCUT2D eigenvalue weighted by molar-refractivity contribution is 6.30. The van der Waals surface area contributed by atoms with Crippen molar-refractivity contribution in [1.82, 2.24) is 10.3 Å². The standard InChI is InChI=1S/C22H26ClN3O2/c23-18-7-5-17(6-8-18)22(9-14-28-15-10-22)16-25-21(27)19-4-3-11-24-20(19)26-12-1-2-13-26/h3-8,11H,1-2,9-10,12-16H2,(H,25,27). The van der Waals surface area contributed by atoms with Crippen molar-refractivity contribution in [3.05, 3.63) is 58.7 Å². The molecule has 1 aromatic heterocycles. The number of aromatic nitrogens is 1. The normalized spacial score (nSPS) is 18.8. The second-order valence-electron chi connectivity index (χ2n) is 7.65. The summed E-state index contributed by atoms with van der Waals surface area (Å²) in [5.74, 6) is 0.736. The number of hydrogen-bond donors (Lipinski definition) is 1. The van der Waals surface area contributed by atoms with Gasteiger partial charge in [-0.3, -0.25) is 4.79 Å². The Balaban J connectivity index is 1.53. The second-order valence-corrected chi connectivity index (χ2v) is 8.09. The number of carbonyl (C=O) groups excluding carboxylic acids is 1. The second kappa shape index (κ2) is 8.50. The molecule has 0 spiro atoms. The van der Waals surface area contributed by atoms with Gasteiger partial charge in [-0.15, -0.1) is 0 Å². The molecule has 2 aliphatic rings. The Morgan fingerprint density at radius 3 is 2.57 bits per heavy atom. The van der Waals surface area contributed by atoms with E-state index in [1.165, 1.54) is 5.56 Å². The number of pyridine rings is 1. The molecule has 3 heterocycles. The zero-order valence-corrected chi connectivity index (χ0v) is 16.8. The van der Waals surface area contributed by atoms with Gasteiger partial charge < -0.3 is 15.0 Å². The lowest BCUT2D eigenvalue weighted by Crippen LogP contribution is -2.44. The average Bonchev–Trinajstić information content (AvgIpc) is 3.28. The predicted octanol–water partition coefficient (Wildman–Crippen LogP) is 3.81. The Labute approximate surface area is 171 Å². The van der Waals surface area contributed by atoms with Crippen molar-refractivity contribution in [1.29, 1.82) is 0 Å². The van der Waals surface area contributed by atoms with Crippen LogP contribution in [0.15, 0.2) is 42.6 Å². The van der Waals surface area contributed by atoms with Gasteiger partial charge in [0.25, 0.3) is 5.91 Å². The third-order valence-electron chi connectivity index (χ3n) is 5.93. The summed E-state index contributed by atoms with van der Waals surface area (Å²) < 4.78 is 5.59. The van der Waals surface area contributed by atoms with E-state index in [0.29, 0.717) is 25.3 Å². The van der Waals surface area contributed by atoms with Crippen molar-refractivity contribution in [3.8, 4) is 0 Å². The molecule has 28 heavy (non-hydrogen) atoms. The number of carbonyl (C=O) groups is 1. The lowest BCUT2D eigenvalue weighted by atomic mass is 9.74. The van der Waals surface area contributed by atoms with Gasteiger partial charge in [-0.05, 0) is 55.5 Å². The van der Waals surface area contributed by atoms with E-state index >= 15 is 0 Å². The van der Waals surface area contributed by atoms with Crippen LogP contribution >= 0.6 is 11.6 Å². The van der Waals surface area contributed by atoms with Gasteiger partial charge >= 0.3 is 0 Å². The van der Waals surface area contributed by atoms with Crippen molar-refractivity contribution < 1.29 is 9.53 Å². The lowest BCUT2D eigenvalue weighted by Gasteiger charge is -2.38. The van der Waals surface area contributed by atoms with Gasteiger partial charge in [-0.1, -0.05) is 23.7 Å². The third kappa shape index (κ3) is 4.01. The summed E-state index contributed by atoms with van der Waals surface area (Å²) >= 11 is 6.08. The van der Waals surface area contributed by atoms with Crippen LogP contribution in [0.3, 0.4) is 0 Å². The van der Waals surface area contributed by atoms with E-state index in [2.05, 4.69) is 27.3 Å². The molecular weight excluding hydrogens is 374 g/mol. The molecule has 2 aromatic rings. The minimum atomic E-state index is -0.130. The number of hydrogen-bond acceptors (Lipinski definition) is 4. The van der Waals surface area contributed by atoms with Gasteiger partial charge in [0.15, 0.2) is 0 Å². The molecule has 0 aliphatic carbocycles. The summed E-state index contributed by atoms with van der Waals surface area (Å²) in [5, 5.41) is 3.92. The minimum absolute atomic E-state index is 0.0603. The number of halogens is 1. The Morgan fingerprint density at radius 1 is 1.14 bits per heavy atom. The molecule has 0 radical (unpaired) electrons. The molecule has 0 bridgehead atoms. The molecule has 1 aromatic carbocycles. The molecule has 2 saturated heterocycles. The predicted molar refractivity (Wildman–Crippen MR) is 111 cm³/mol. The molecule has 0 atom stereocenters. The van der Waals surface area contributed by atoms with Gasteiger partial charge in [-0.25, -0.2) is 4.98 Å².